The average Bonchev–Trinajstić information content (AvgIpc) is 2.80. The van der Waals surface area contributed by atoms with Gasteiger partial charge in [-0.05, 0) is 37.7 Å². The first kappa shape index (κ1) is 24.2. The van der Waals surface area contributed by atoms with Crippen LogP contribution in [0, 0.1) is 0 Å². The van der Waals surface area contributed by atoms with E-state index in [0.717, 1.165) is 31.7 Å². The van der Waals surface area contributed by atoms with Crippen LogP contribution in [0.15, 0.2) is 53.4 Å². The van der Waals surface area contributed by atoms with Crippen molar-refractivity contribution in [3.63, 3.8) is 0 Å². The smallest absolute Gasteiger partial charge is 0.251 e. The molecule has 1 heterocycles. The third kappa shape index (κ3) is 5.31. The van der Waals surface area contributed by atoms with Gasteiger partial charge < -0.3 is 15.1 Å². The zero-order chi connectivity index (χ0) is 23.3. The highest BCUT2D eigenvalue weighted by molar-refractivity contribution is 7.89. The first-order valence-electron chi connectivity index (χ1n) is 11.2. The fourth-order valence-corrected chi connectivity index (χ4v) is 5.67. The predicted molar refractivity (Wildman–Crippen MR) is 129 cm³/mol. The molecule has 1 aliphatic rings. The summed E-state index contributed by atoms with van der Waals surface area (Å²) in [6.45, 7) is 9.54. The summed E-state index contributed by atoms with van der Waals surface area (Å²) >= 11 is 0. The van der Waals surface area contributed by atoms with Gasteiger partial charge in [0.15, 0.2) is 0 Å². The maximum absolute atomic E-state index is 13.5. The number of carbonyl (C=O) groups excluding carboxylic acids is 1. The number of nitrogens with one attached hydrogen (secondary N) is 1. The van der Waals surface area contributed by atoms with Gasteiger partial charge in [-0.3, -0.25) is 4.79 Å². The minimum Gasteiger partial charge on any atom is -0.368 e. The van der Waals surface area contributed by atoms with Crippen molar-refractivity contribution in [1.29, 1.82) is 0 Å². The Morgan fingerprint density at radius 1 is 1.03 bits per heavy atom. The van der Waals surface area contributed by atoms with Crippen molar-refractivity contribution >= 4 is 21.6 Å². The molecule has 7 nitrogen and oxygen atoms in total. The first-order valence-corrected chi connectivity index (χ1v) is 12.7. The van der Waals surface area contributed by atoms with Gasteiger partial charge in [-0.1, -0.05) is 44.2 Å². The molecule has 2 aromatic carbocycles. The summed E-state index contributed by atoms with van der Waals surface area (Å²) in [5.74, 6) is -0.290. The lowest BCUT2D eigenvalue weighted by Gasteiger charge is -2.35. The molecule has 3 rings (SSSR count). The third-order valence-corrected chi connectivity index (χ3v) is 8.12. The summed E-state index contributed by atoms with van der Waals surface area (Å²) in [5, 5.41) is 2.99. The van der Waals surface area contributed by atoms with Crippen molar-refractivity contribution < 1.29 is 13.2 Å². The number of benzene rings is 2. The van der Waals surface area contributed by atoms with Gasteiger partial charge in [-0.15, -0.1) is 0 Å². The lowest BCUT2D eigenvalue weighted by atomic mass is 10.1. The molecule has 1 fully saturated rings. The van der Waals surface area contributed by atoms with Crippen molar-refractivity contribution in [3.8, 4) is 0 Å². The van der Waals surface area contributed by atoms with Crippen molar-refractivity contribution in [2.24, 2.45) is 0 Å². The van der Waals surface area contributed by atoms with E-state index < -0.39 is 10.0 Å². The number of nitrogens with zero attached hydrogens (tertiary/aromatic N) is 3. The number of rotatable bonds is 8. The molecule has 0 spiro atoms. The van der Waals surface area contributed by atoms with Crippen molar-refractivity contribution in [1.82, 2.24) is 14.5 Å². The maximum atomic E-state index is 13.5. The highest BCUT2D eigenvalue weighted by Gasteiger charge is 2.29. The summed E-state index contributed by atoms with van der Waals surface area (Å²) in [5.41, 5.74) is 2.00. The van der Waals surface area contributed by atoms with Crippen LogP contribution in [0.1, 0.15) is 42.7 Å². The SMILES string of the molecule is CCN(CC)S(=O)(=O)c1cc(C(=O)N[C@@H](C)c2ccccc2)ccc1N1CCN(C)CC1. The molecule has 0 saturated carbocycles. The van der Waals surface area contributed by atoms with Crippen LogP contribution in [0.5, 0.6) is 0 Å². The van der Waals surface area contributed by atoms with Crippen molar-refractivity contribution in [2.75, 3.05) is 51.2 Å². The molecule has 32 heavy (non-hydrogen) atoms. The number of amides is 1. The molecule has 0 aromatic heterocycles. The predicted octanol–water partition coefficient (Wildman–Crippen LogP) is 2.96. The second-order valence-electron chi connectivity index (χ2n) is 8.17. The molecular weight excluding hydrogens is 424 g/mol. The first-order chi connectivity index (χ1) is 15.3. The fourth-order valence-electron chi connectivity index (χ4n) is 3.98. The lowest BCUT2D eigenvalue weighted by molar-refractivity contribution is 0.0939. The Kier molecular flexibility index (Phi) is 7.92. The standard InChI is InChI=1S/C24H34N4O3S/c1-5-28(6-2)32(30,31)23-18-21(12-13-22(23)27-16-14-26(4)15-17-27)24(29)25-19(3)20-10-8-7-9-11-20/h7-13,18-19H,5-6,14-17H2,1-4H3,(H,25,29)/t19-/m0/s1. The summed E-state index contributed by atoms with van der Waals surface area (Å²) in [6.07, 6.45) is 0. The van der Waals surface area contributed by atoms with E-state index in [0.29, 0.717) is 24.3 Å². The Labute approximate surface area is 192 Å². The molecule has 1 amide bonds. The van der Waals surface area contributed by atoms with Crippen molar-refractivity contribution in [2.45, 2.75) is 31.7 Å². The second kappa shape index (κ2) is 10.5. The van der Waals surface area contributed by atoms with Gasteiger partial charge in [-0.25, -0.2) is 8.42 Å². The molecule has 1 aliphatic heterocycles. The van der Waals surface area contributed by atoms with Gasteiger partial charge in [-0.2, -0.15) is 4.31 Å². The van der Waals surface area contributed by atoms with E-state index in [2.05, 4.69) is 22.2 Å². The molecule has 8 heteroatoms. The zero-order valence-corrected chi connectivity index (χ0v) is 20.2. The van der Waals surface area contributed by atoms with E-state index in [1.54, 1.807) is 12.1 Å². The molecule has 2 aromatic rings. The molecule has 0 aliphatic carbocycles. The molecule has 0 radical (unpaired) electrons. The van der Waals surface area contributed by atoms with Crippen molar-refractivity contribution in [3.05, 3.63) is 59.7 Å². The highest BCUT2D eigenvalue weighted by Crippen LogP contribution is 2.30. The van der Waals surface area contributed by atoms with E-state index in [1.165, 1.54) is 10.4 Å². The number of sulfonamides is 1. The molecule has 1 atom stereocenters. The van der Waals surface area contributed by atoms with E-state index in [4.69, 9.17) is 0 Å². The largest absolute Gasteiger partial charge is 0.368 e. The minimum atomic E-state index is -3.73. The number of piperazine rings is 1. The number of likely N-dealkylation sites (N-methyl/N-ethyl adjacent to an activating group) is 1. The molecular formula is C24H34N4O3S. The van der Waals surface area contributed by atoms with E-state index in [9.17, 15) is 13.2 Å². The van der Waals surface area contributed by atoms with Gasteiger partial charge in [0, 0.05) is 44.8 Å². The molecule has 1 N–H and O–H groups in total. The normalized spacial score (nSPS) is 16.2. The van der Waals surface area contributed by atoms with Crippen LogP contribution in [0.25, 0.3) is 0 Å². The Hall–Kier alpha value is -2.42. The van der Waals surface area contributed by atoms with Gasteiger partial charge in [0.25, 0.3) is 5.91 Å². The van der Waals surface area contributed by atoms with Gasteiger partial charge in [0.1, 0.15) is 4.90 Å². The van der Waals surface area contributed by atoms with Crippen LogP contribution in [0.3, 0.4) is 0 Å². The molecule has 0 unspecified atom stereocenters. The van der Waals surface area contributed by atoms with Gasteiger partial charge in [0.2, 0.25) is 10.0 Å². The van der Waals surface area contributed by atoms with Gasteiger partial charge >= 0.3 is 0 Å². The monoisotopic (exact) mass is 458 g/mol. The zero-order valence-electron chi connectivity index (χ0n) is 19.4. The third-order valence-electron chi connectivity index (χ3n) is 6.04. The van der Waals surface area contributed by atoms with E-state index in [1.807, 2.05) is 51.1 Å². The topological polar surface area (TPSA) is 73.0 Å². The number of hydrogen-bond donors (Lipinski definition) is 1. The maximum Gasteiger partial charge on any atom is 0.251 e. The van der Waals surface area contributed by atoms with Crippen LogP contribution in [-0.4, -0.2) is 69.8 Å². The van der Waals surface area contributed by atoms with Crippen LogP contribution >= 0.6 is 0 Å². The van der Waals surface area contributed by atoms with E-state index >= 15 is 0 Å². The summed E-state index contributed by atoms with van der Waals surface area (Å²) in [6, 6.07) is 14.5. The Bertz CT molecular complexity index is 1010. The molecule has 1 saturated heterocycles. The van der Waals surface area contributed by atoms with Crippen LogP contribution < -0.4 is 10.2 Å². The van der Waals surface area contributed by atoms with E-state index in [-0.39, 0.29) is 16.8 Å². The molecule has 174 valence electrons. The number of carbonyl (C=O) groups is 1. The Morgan fingerprint density at radius 3 is 2.25 bits per heavy atom. The Balaban J connectivity index is 1.96. The summed E-state index contributed by atoms with van der Waals surface area (Å²) in [7, 11) is -1.67. The average molecular weight is 459 g/mol. The number of hydrogen-bond acceptors (Lipinski definition) is 5. The van der Waals surface area contributed by atoms with Crippen LogP contribution in [0.4, 0.5) is 5.69 Å². The quantitative estimate of drug-likeness (QED) is 0.659. The summed E-state index contributed by atoms with van der Waals surface area (Å²) in [4.78, 5) is 17.5. The second-order valence-corrected chi connectivity index (χ2v) is 10.1. The lowest BCUT2D eigenvalue weighted by Crippen LogP contribution is -2.45. The minimum absolute atomic E-state index is 0.191. The van der Waals surface area contributed by atoms with Gasteiger partial charge in [0.05, 0.1) is 11.7 Å². The number of anilines is 1. The highest BCUT2D eigenvalue weighted by atomic mass is 32.2. The van der Waals surface area contributed by atoms with Crippen LogP contribution in [-0.2, 0) is 10.0 Å². The van der Waals surface area contributed by atoms with Crippen LogP contribution in [0.2, 0.25) is 0 Å². The fraction of sp³-hybridized carbons (Fsp3) is 0.458. The Morgan fingerprint density at radius 2 is 1.66 bits per heavy atom. The summed E-state index contributed by atoms with van der Waals surface area (Å²) < 4.78 is 28.4. The molecule has 0 bridgehead atoms.